The second-order valence-electron chi connectivity index (χ2n) is 14.8. The standard InChI is InChI=1S/C48H46N6O3/c1-35-24-26-36(27-25-35)41-22-14-15-23-42(41)45(55)51-40-28-29-43(49-34-40)54(47(2,3)4)46(56)57-33-32-53-44(30-31-50-53)52-48(37-16-8-5-9-17-37,38-18-10-6-11-19-38)39-20-12-7-13-21-39/h5-31,34,52H,32-33H2,1-4H3,(H,51,55). The molecular formula is C48H46N6O3. The van der Waals surface area contributed by atoms with Crippen LogP contribution in [0.15, 0.2) is 170 Å². The van der Waals surface area contributed by atoms with Crippen molar-refractivity contribution in [3.8, 4) is 11.1 Å². The van der Waals surface area contributed by atoms with Crippen LogP contribution in [0.4, 0.5) is 22.1 Å². The summed E-state index contributed by atoms with van der Waals surface area (Å²) >= 11 is 0. The summed E-state index contributed by atoms with van der Waals surface area (Å²) in [6.07, 6.45) is 2.74. The molecule has 286 valence electrons. The highest BCUT2D eigenvalue weighted by atomic mass is 16.6. The molecule has 57 heavy (non-hydrogen) atoms. The van der Waals surface area contributed by atoms with Crippen molar-refractivity contribution in [2.75, 3.05) is 22.1 Å². The predicted octanol–water partition coefficient (Wildman–Crippen LogP) is 10.4. The van der Waals surface area contributed by atoms with E-state index in [9.17, 15) is 9.59 Å². The monoisotopic (exact) mass is 754 g/mol. The first kappa shape index (κ1) is 38.3. The van der Waals surface area contributed by atoms with Crippen LogP contribution in [0.5, 0.6) is 0 Å². The first-order valence-electron chi connectivity index (χ1n) is 19.0. The molecule has 7 rings (SSSR count). The number of carbonyl (C=O) groups excluding carboxylic acids is 2. The van der Waals surface area contributed by atoms with Crippen LogP contribution < -0.4 is 15.5 Å². The van der Waals surface area contributed by atoms with Crippen LogP contribution in [0, 0.1) is 6.92 Å². The number of nitrogens with one attached hydrogen (secondary N) is 2. The third-order valence-corrected chi connectivity index (χ3v) is 9.80. The largest absolute Gasteiger partial charge is 0.447 e. The number of aromatic nitrogens is 3. The first-order valence-corrected chi connectivity index (χ1v) is 19.0. The smallest absolute Gasteiger partial charge is 0.416 e. The van der Waals surface area contributed by atoms with Gasteiger partial charge in [-0.15, -0.1) is 0 Å². The van der Waals surface area contributed by atoms with E-state index in [1.165, 1.54) is 4.90 Å². The minimum atomic E-state index is -0.747. The highest BCUT2D eigenvalue weighted by molar-refractivity contribution is 6.08. The van der Waals surface area contributed by atoms with Gasteiger partial charge in [-0.3, -0.25) is 9.69 Å². The van der Waals surface area contributed by atoms with E-state index in [0.29, 0.717) is 23.6 Å². The molecule has 2 aromatic heterocycles. The van der Waals surface area contributed by atoms with Crippen molar-refractivity contribution in [3.63, 3.8) is 0 Å². The molecule has 9 heteroatoms. The molecule has 0 bridgehead atoms. The lowest BCUT2D eigenvalue weighted by atomic mass is 9.77. The van der Waals surface area contributed by atoms with E-state index in [-0.39, 0.29) is 12.5 Å². The van der Waals surface area contributed by atoms with Gasteiger partial charge >= 0.3 is 6.09 Å². The number of carbonyl (C=O) groups is 2. The number of hydrogen-bond donors (Lipinski definition) is 2. The molecule has 2 heterocycles. The number of pyridine rings is 1. The quantitative estimate of drug-likeness (QED) is 0.120. The Morgan fingerprint density at radius 3 is 1.84 bits per heavy atom. The number of benzene rings is 5. The summed E-state index contributed by atoms with van der Waals surface area (Å²) in [5.74, 6) is 0.898. The molecule has 0 atom stereocenters. The van der Waals surface area contributed by atoms with Crippen molar-refractivity contribution in [2.24, 2.45) is 0 Å². The van der Waals surface area contributed by atoms with Crippen LogP contribution in [-0.2, 0) is 16.8 Å². The summed E-state index contributed by atoms with van der Waals surface area (Å²) in [5.41, 5.74) is 5.76. The number of rotatable bonds is 12. The Morgan fingerprint density at radius 2 is 1.28 bits per heavy atom. The van der Waals surface area contributed by atoms with Gasteiger partial charge in [0.2, 0.25) is 0 Å². The van der Waals surface area contributed by atoms with Crippen molar-refractivity contribution in [3.05, 3.63) is 198 Å². The minimum absolute atomic E-state index is 0.0608. The molecule has 0 saturated heterocycles. The second kappa shape index (κ2) is 16.8. The molecule has 0 fully saturated rings. The maximum Gasteiger partial charge on any atom is 0.416 e. The number of hydrogen-bond acceptors (Lipinski definition) is 6. The zero-order valence-corrected chi connectivity index (χ0v) is 32.6. The SMILES string of the molecule is Cc1ccc(-c2ccccc2C(=O)Nc2ccc(N(C(=O)OCCn3nccc3NC(c3ccccc3)(c3ccccc3)c3ccccc3)C(C)(C)C)nc2)cc1. The summed E-state index contributed by atoms with van der Waals surface area (Å²) in [6.45, 7) is 8.14. The zero-order chi connectivity index (χ0) is 39.8. The average molecular weight is 755 g/mol. The van der Waals surface area contributed by atoms with Crippen molar-refractivity contribution in [2.45, 2.75) is 45.3 Å². The van der Waals surface area contributed by atoms with Crippen LogP contribution in [-0.4, -0.2) is 38.9 Å². The van der Waals surface area contributed by atoms with Gasteiger partial charge in [0.15, 0.2) is 0 Å². The number of anilines is 3. The normalized spacial score (nSPS) is 11.4. The Labute approximate surface area is 334 Å². The molecular weight excluding hydrogens is 709 g/mol. The van der Waals surface area contributed by atoms with E-state index >= 15 is 0 Å². The Morgan fingerprint density at radius 1 is 0.702 bits per heavy atom. The molecule has 9 nitrogen and oxygen atoms in total. The fourth-order valence-corrected chi connectivity index (χ4v) is 7.04. The first-order chi connectivity index (χ1) is 27.6. The van der Waals surface area contributed by atoms with Crippen molar-refractivity contribution >= 4 is 29.3 Å². The molecule has 0 unspecified atom stereocenters. The number of ether oxygens (including phenoxy) is 1. The van der Waals surface area contributed by atoms with Gasteiger partial charge in [0.1, 0.15) is 23.8 Å². The van der Waals surface area contributed by atoms with Gasteiger partial charge in [-0.25, -0.2) is 14.5 Å². The van der Waals surface area contributed by atoms with Gasteiger partial charge in [0.05, 0.1) is 24.6 Å². The summed E-state index contributed by atoms with van der Waals surface area (Å²) in [5, 5.41) is 11.4. The molecule has 7 aromatic rings. The van der Waals surface area contributed by atoms with Gasteiger partial charge < -0.3 is 15.4 Å². The van der Waals surface area contributed by atoms with E-state index in [2.05, 4.69) is 57.1 Å². The summed E-state index contributed by atoms with van der Waals surface area (Å²) < 4.78 is 7.71. The maximum absolute atomic E-state index is 13.8. The van der Waals surface area contributed by atoms with Crippen molar-refractivity contribution in [1.82, 2.24) is 14.8 Å². The van der Waals surface area contributed by atoms with E-state index in [1.807, 2.05) is 136 Å². The van der Waals surface area contributed by atoms with Crippen molar-refractivity contribution < 1.29 is 14.3 Å². The molecule has 2 N–H and O–H groups in total. The minimum Gasteiger partial charge on any atom is -0.447 e. The van der Waals surface area contributed by atoms with Crippen molar-refractivity contribution in [1.29, 1.82) is 0 Å². The van der Waals surface area contributed by atoms with Gasteiger partial charge in [-0.1, -0.05) is 139 Å². The average Bonchev–Trinajstić information content (AvgIpc) is 3.67. The van der Waals surface area contributed by atoms with E-state index in [0.717, 1.165) is 39.2 Å². The fourth-order valence-electron chi connectivity index (χ4n) is 7.04. The van der Waals surface area contributed by atoms with Crippen LogP contribution >= 0.6 is 0 Å². The summed E-state index contributed by atoms with van der Waals surface area (Å²) in [7, 11) is 0. The molecule has 0 saturated carbocycles. The Balaban J connectivity index is 1.06. The van der Waals surface area contributed by atoms with Crippen LogP contribution in [0.1, 0.15) is 53.4 Å². The van der Waals surface area contributed by atoms with E-state index in [4.69, 9.17) is 4.74 Å². The van der Waals surface area contributed by atoms with E-state index in [1.54, 1.807) is 30.6 Å². The van der Waals surface area contributed by atoms with Gasteiger partial charge in [-0.2, -0.15) is 5.10 Å². The molecule has 0 aliphatic heterocycles. The number of amides is 2. The third-order valence-electron chi connectivity index (χ3n) is 9.80. The second-order valence-corrected chi connectivity index (χ2v) is 14.8. The molecule has 0 spiro atoms. The summed E-state index contributed by atoms with van der Waals surface area (Å²) in [4.78, 5) is 33.3. The number of aryl methyl sites for hydroxylation is 1. The lowest BCUT2D eigenvalue weighted by molar-refractivity contribution is 0.102. The van der Waals surface area contributed by atoms with Gasteiger partial charge in [-0.05, 0) is 73.7 Å². The van der Waals surface area contributed by atoms with Gasteiger partial charge in [0.25, 0.3) is 5.91 Å². The fraction of sp³-hybridized carbons (Fsp3) is 0.167. The Hall–Kier alpha value is -7.00. The van der Waals surface area contributed by atoms with Crippen LogP contribution in [0.2, 0.25) is 0 Å². The molecule has 5 aromatic carbocycles. The molecule has 0 radical (unpaired) electrons. The van der Waals surface area contributed by atoms with Gasteiger partial charge in [0, 0.05) is 17.2 Å². The lowest BCUT2D eigenvalue weighted by Gasteiger charge is -2.37. The predicted molar refractivity (Wildman–Crippen MR) is 227 cm³/mol. The Kier molecular flexibility index (Phi) is 11.3. The highest BCUT2D eigenvalue weighted by Crippen LogP contribution is 2.40. The van der Waals surface area contributed by atoms with Crippen LogP contribution in [0.3, 0.4) is 0 Å². The highest BCUT2D eigenvalue weighted by Gasteiger charge is 2.37. The van der Waals surface area contributed by atoms with E-state index < -0.39 is 17.2 Å². The zero-order valence-electron chi connectivity index (χ0n) is 32.6. The Bertz CT molecular complexity index is 2310. The maximum atomic E-state index is 13.8. The van der Waals surface area contributed by atoms with Crippen LogP contribution in [0.25, 0.3) is 11.1 Å². The summed E-state index contributed by atoms with van der Waals surface area (Å²) in [6, 6.07) is 52.0. The topological polar surface area (TPSA) is 101 Å². The third kappa shape index (κ3) is 8.48. The molecule has 0 aliphatic carbocycles. The molecule has 2 amide bonds. The number of nitrogens with zero attached hydrogens (tertiary/aromatic N) is 4. The molecule has 0 aliphatic rings. The lowest BCUT2D eigenvalue weighted by Crippen LogP contribution is -2.47.